The van der Waals surface area contributed by atoms with Gasteiger partial charge < -0.3 is 4.79 Å². The van der Waals surface area contributed by atoms with Crippen molar-refractivity contribution in [1.29, 1.82) is 0 Å². The number of unbranched alkanes of at least 4 members (excludes halogenated alkanes) is 1. The van der Waals surface area contributed by atoms with Crippen molar-refractivity contribution in [3.63, 3.8) is 0 Å². The van der Waals surface area contributed by atoms with Crippen LogP contribution in [0.3, 0.4) is 0 Å². The zero-order chi connectivity index (χ0) is 12.2. The Bertz CT molecular complexity index is 358. The van der Waals surface area contributed by atoms with E-state index in [4.69, 9.17) is 0 Å². The maximum absolute atomic E-state index is 10.3. The molecule has 16 heavy (non-hydrogen) atoms. The van der Waals surface area contributed by atoms with Crippen LogP contribution in [-0.2, 0) is 16.6 Å². The molecule has 1 nitrogen and oxygen atoms in total. The Balaban J connectivity index is 2.79. The fourth-order valence-electron chi connectivity index (χ4n) is 1.82. The van der Waals surface area contributed by atoms with Gasteiger partial charge >= 0.3 is 0 Å². The van der Waals surface area contributed by atoms with Crippen LogP contribution in [0.15, 0.2) is 18.2 Å². The zero-order valence-electron chi connectivity index (χ0n) is 10.8. The van der Waals surface area contributed by atoms with E-state index < -0.39 is 0 Å². The second kappa shape index (κ2) is 5.29. The number of hydrogen-bond acceptors (Lipinski definition) is 1. The van der Waals surface area contributed by atoms with Crippen LogP contribution in [0.1, 0.15) is 50.3 Å². The second-order valence-electron chi connectivity index (χ2n) is 5.45. The van der Waals surface area contributed by atoms with E-state index in [9.17, 15) is 4.79 Å². The van der Waals surface area contributed by atoms with E-state index >= 15 is 0 Å². The van der Waals surface area contributed by atoms with Gasteiger partial charge in [0.25, 0.3) is 0 Å². The number of benzene rings is 1. The minimum absolute atomic E-state index is 0.214. The first kappa shape index (κ1) is 13.0. The van der Waals surface area contributed by atoms with E-state index in [1.165, 1.54) is 16.7 Å². The monoisotopic (exact) mass is 218 g/mol. The lowest BCUT2D eigenvalue weighted by atomic mass is 9.85. The molecule has 1 aromatic carbocycles. The van der Waals surface area contributed by atoms with Crippen LogP contribution in [0.25, 0.3) is 0 Å². The van der Waals surface area contributed by atoms with E-state index in [2.05, 4.69) is 45.9 Å². The SMILES string of the molecule is Cc1cc(C(C)(C)C)ccc1CCCC=O. The average Bonchev–Trinajstić information content (AvgIpc) is 2.19. The summed E-state index contributed by atoms with van der Waals surface area (Å²) in [6.07, 6.45) is 3.63. The van der Waals surface area contributed by atoms with Crippen LogP contribution in [0.2, 0.25) is 0 Å². The molecule has 0 unspecified atom stereocenters. The highest BCUT2D eigenvalue weighted by Crippen LogP contribution is 2.24. The first-order valence-corrected chi connectivity index (χ1v) is 5.99. The van der Waals surface area contributed by atoms with Gasteiger partial charge in [-0.1, -0.05) is 39.0 Å². The van der Waals surface area contributed by atoms with Gasteiger partial charge in [0, 0.05) is 6.42 Å². The highest BCUT2D eigenvalue weighted by Gasteiger charge is 2.14. The summed E-state index contributed by atoms with van der Waals surface area (Å²) >= 11 is 0. The molecule has 0 saturated carbocycles. The van der Waals surface area contributed by atoms with Crippen molar-refractivity contribution >= 4 is 6.29 Å². The second-order valence-corrected chi connectivity index (χ2v) is 5.45. The van der Waals surface area contributed by atoms with Crippen molar-refractivity contribution in [2.24, 2.45) is 0 Å². The predicted octanol–water partition coefficient (Wildman–Crippen LogP) is 3.81. The third-order valence-corrected chi connectivity index (χ3v) is 2.98. The lowest BCUT2D eigenvalue weighted by Gasteiger charge is -2.20. The number of hydrogen-bond donors (Lipinski definition) is 0. The summed E-state index contributed by atoms with van der Waals surface area (Å²) in [7, 11) is 0. The van der Waals surface area contributed by atoms with Gasteiger partial charge in [-0.2, -0.15) is 0 Å². The van der Waals surface area contributed by atoms with Gasteiger partial charge in [0.1, 0.15) is 6.29 Å². The van der Waals surface area contributed by atoms with Gasteiger partial charge in [-0.05, 0) is 41.9 Å². The highest BCUT2D eigenvalue weighted by atomic mass is 16.1. The molecule has 88 valence electrons. The highest BCUT2D eigenvalue weighted by molar-refractivity contribution is 5.49. The minimum Gasteiger partial charge on any atom is -0.303 e. The Morgan fingerprint density at radius 1 is 1.25 bits per heavy atom. The lowest BCUT2D eigenvalue weighted by molar-refractivity contribution is -0.107. The van der Waals surface area contributed by atoms with Gasteiger partial charge in [-0.15, -0.1) is 0 Å². The molecular weight excluding hydrogens is 196 g/mol. The summed E-state index contributed by atoms with van der Waals surface area (Å²) in [5.41, 5.74) is 4.31. The van der Waals surface area contributed by atoms with Crippen molar-refractivity contribution in [2.45, 2.75) is 52.4 Å². The molecule has 1 heteroatoms. The maximum Gasteiger partial charge on any atom is 0.120 e. The topological polar surface area (TPSA) is 17.1 Å². The predicted molar refractivity (Wildman–Crippen MR) is 68.9 cm³/mol. The first-order valence-electron chi connectivity index (χ1n) is 5.99. The summed E-state index contributed by atoms with van der Waals surface area (Å²) in [6.45, 7) is 8.85. The molecule has 1 aromatic rings. The van der Waals surface area contributed by atoms with Gasteiger partial charge in [0.2, 0.25) is 0 Å². The van der Waals surface area contributed by atoms with Crippen molar-refractivity contribution in [3.8, 4) is 0 Å². The Morgan fingerprint density at radius 3 is 2.44 bits per heavy atom. The smallest absolute Gasteiger partial charge is 0.120 e. The number of aldehydes is 1. The molecule has 0 aliphatic rings. The largest absolute Gasteiger partial charge is 0.303 e. The van der Waals surface area contributed by atoms with Crippen LogP contribution >= 0.6 is 0 Å². The summed E-state index contributed by atoms with van der Waals surface area (Å²) in [4.78, 5) is 10.3. The molecule has 0 amide bonds. The zero-order valence-corrected chi connectivity index (χ0v) is 10.8. The van der Waals surface area contributed by atoms with Crippen LogP contribution < -0.4 is 0 Å². The molecule has 0 aliphatic heterocycles. The van der Waals surface area contributed by atoms with Crippen LogP contribution in [-0.4, -0.2) is 6.29 Å². The quantitative estimate of drug-likeness (QED) is 0.554. The van der Waals surface area contributed by atoms with Crippen LogP contribution in [0, 0.1) is 6.92 Å². The molecule has 0 radical (unpaired) electrons. The van der Waals surface area contributed by atoms with E-state index in [1.807, 2.05) is 0 Å². The molecule has 0 heterocycles. The Morgan fingerprint density at radius 2 is 1.94 bits per heavy atom. The van der Waals surface area contributed by atoms with Crippen molar-refractivity contribution in [1.82, 2.24) is 0 Å². The first-order chi connectivity index (χ1) is 7.45. The fourth-order valence-corrected chi connectivity index (χ4v) is 1.82. The minimum atomic E-state index is 0.214. The fraction of sp³-hybridized carbons (Fsp3) is 0.533. The molecule has 0 aliphatic carbocycles. The Hall–Kier alpha value is -1.11. The molecule has 1 rings (SSSR count). The van der Waals surface area contributed by atoms with E-state index in [0.717, 1.165) is 19.1 Å². The third-order valence-electron chi connectivity index (χ3n) is 2.98. The standard InChI is InChI=1S/C15H22O/c1-12-11-14(15(2,3)4)9-8-13(12)7-5-6-10-16/h8-11H,5-7H2,1-4H3. The summed E-state index contributed by atoms with van der Waals surface area (Å²) in [6, 6.07) is 6.69. The molecule has 0 saturated heterocycles. The van der Waals surface area contributed by atoms with Gasteiger partial charge in [-0.25, -0.2) is 0 Å². The Labute approximate surface area is 98.9 Å². The number of aryl methyl sites for hydroxylation is 2. The third kappa shape index (κ3) is 3.48. The van der Waals surface area contributed by atoms with Crippen LogP contribution in [0.5, 0.6) is 0 Å². The summed E-state index contributed by atoms with van der Waals surface area (Å²) in [5, 5.41) is 0. The number of carbonyl (C=O) groups excluding carboxylic acids is 1. The maximum atomic E-state index is 10.3. The van der Waals surface area contributed by atoms with Crippen molar-refractivity contribution in [2.75, 3.05) is 0 Å². The Kier molecular flexibility index (Phi) is 4.28. The molecule has 0 atom stereocenters. The van der Waals surface area contributed by atoms with Gasteiger partial charge in [0.05, 0.1) is 0 Å². The molecule has 0 fully saturated rings. The van der Waals surface area contributed by atoms with Crippen molar-refractivity contribution in [3.05, 3.63) is 34.9 Å². The van der Waals surface area contributed by atoms with E-state index in [1.54, 1.807) is 0 Å². The van der Waals surface area contributed by atoms with E-state index in [0.29, 0.717) is 6.42 Å². The summed E-state index contributed by atoms with van der Waals surface area (Å²) in [5.74, 6) is 0. The molecule has 0 spiro atoms. The normalized spacial score (nSPS) is 11.5. The average molecular weight is 218 g/mol. The molecule has 0 N–H and O–H groups in total. The summed E-state index contributed by atoms with van der Waals surface area (Å²) < 4.78 is 0. The van der Waals surface area contributed by atoms with E-state index in [-0.39, 0.29) is 5.41 Å². The van der Waals surface area contributed by atoms with Crippen LogP contribution in [0.4, 0.5) is 0 Å². The van der Waals surface area contributed by atoms with Gasteiger partial charge in [-0.3, -0.25) is 0 Å². The lowest BCUT2D eigenvalue weighted by Crippen LogP contribution is -2.11. The van der Waals surface area contributed by atoms with Crippen molar-refractivity contribution < 1.29 is 4.79 Å². The number of rotatable bonds is 4. The number of carbonyl (C=O) groups is 1. The molecule has 0 aromatic heterocycles. The van der Waals surface area contributed by atoms with Gasteiger partial charge in [0.15, 0.2) is 0 Å². The molecular formula is C15H22O. The molecule has 0 bridgehead atoms.